The number of fused-ring (bicyclic) bond motifs is 1. The van der Waals surface area contributed by atoms with Gasteiger partial charge in [-0.3, -0.25) is 10.2 Å². The molecule has 4 rings (SSSR count). The Balaban J connectivity index is 1.41. The monoisotopic (exact) mass is 420 g/mol. The van der Waals surface area contributed by atoms with Gasteiger partial charge in [0.05, 0.1) is 11.8 Å². The molecule has 2 saturated heterocycles. The highest BCUT2D eigenvalue weighted by atomic mass is 32.2. The lowest BCUT2D eigenvalue weighted by molar-refractivity contribution is -0.118. The highest BCUT2D eigenvalue weighted by molar-refractivity contribution is 7.89. The van der Waals surface area contributed by atoms with Gasteiger partial charge in [-0.25, -0.2) is 18.1 Å². The van der Waals surface area contributed by atoms with Crippen LogP contribution in [-0.2, 0) is 21.2 Å². The molecule has 160 valence electrons. The second-order valence-electron chi connectivity index (χ2n) is 8.58. The van der Waals surface area contributed by atoms with Gasteiger partial charge in [0.25, 0.3) is 0 Å². The quantitative estimate of drug-likeness (QED) is 0.759. The summed E-state index contributed by atoms with van der Waals surface area (Å²) in [7, 11) is -1.21. The van der Waals surface area contributed by atoms with Gasteiger partial charge in [-0.15, -0.1) is 0 Å². The zero-order valence-corrected chi connectivity index (χ0v) is 18.2. The van der Waals surface area contributed by atoms with Crippen LogP contribution in [0.15, 0.2) is 18.2 Å². The average molecular weight is 421 g/mol. The van der Waals surface area contributed by atoms with Crippen molar-refractivity contribution >= 4 is 21.6 Å². The van der Waals surface area contributed by atoms with Crippen molar-refractivity contribution in [3.8, 4) is 0 Å². The minimum absolute atomic E-state index is 0.181. The number of piperidine rings is 1. The number of hydrogen-bond donors (Lipinski definition) is 2. The van der Waals surface area contributed by atoms with Crippen LogP contribution in [0.4, 0.5) is 5.69 Å². The van der Waals surface area contributed by atoms with Crippen LogP contribution in [0.2, 0.25) is 0 Å². The lowest BCUT2D eigenvalue weighted by Crippen LogP contribution is -2.39. The van der Waals surface area contributed by atoms with E-state index in [2.05, 4.69) is 29.1 Å². The normalized spacial score (nSPS) is 26.7. The van der Waals surface area contributed by atoms with E-state index in [4.69, 9.17) is 0 Å². The number of benzene rings is 1. The zero-order chi connectivity index (χ0) is 20.6. The number of anilines is 1. The van der Waals surface area contributed by atoms with Gasteiger partial charge < -0.3 is 4.90 Å². The van der Waals surface area contributed by atoms with Crippen LogP contribution < -0.4 is 15.8 Å². The number of amides is 1. The molecule has 29 heavy (non-hydrogen) atoms. The number of nitrogens with zero attached hydrogens (tertiary/aromatic N) is 2. The number of rotatable bonds is 5. The smallest absolute Gasteiger partial charge is 0.227 e. The molecule has 3 aliphatic rings. The van der Waals surface area contributed by atoms with Gasteiger partial charge in [0.15, 0.2) is 0 Å². The molecule has 2 fully saturated rings. The first-order valence-corrected chi connectivity index (χ1v) is 12.4. The molecule has 7 nitrogen and oxygen atoms in total. The number of carbonyl (C=O) groups is 1. The Morgan fingerprint density at radius 3 is 2.66 bits per heavy atom. The maximum absolute atomic E-state index is 12.1. The summed E-state index contributed by atoms with van der Waals surface area (Å²) in [5.74, 6) is 1.42. The third-order valence-corrected chi connectivity index (χ3v) is 8.75. The van der Waals surface area contributed by atoms with Crippen LogP contribution in [0.25, 0.3) is 0 Å². The van der Waals surface area contributed by atoms with Crippen molar-refractivity contribution in [1.29, 1.82) is 0 Å². The molecular formula is C21H32N4O3S. The van der Waals surface area contributed by atoms with E-state index in [1.54, 1.807) is 16.1 Å². The first kappa shape index (κ1) is 20.8. The molecule has 0 spiro atoms. The summed E-state index contributed by atoms with van der Waals surface area (Å²) in [6.45, 7) is 3.94. The number of hydrazine groups is 1. The van der Waals surface area contributed by atoms with Crippen molar-refractivity contribution in [2.75, 3.05) is 37.3 Å². The highest BCUT2D eigenvalue weighted by Gasteiger charge is 2.34. The van der Waals surface area contributed by atoms with Crippen molar-refractivity contribution in [1.82, 2.24) is 15.2 Å². The second kappa shape index (κ2) is 8.34. The van der Waals surface area contributed by atoms with Crippen molar-refractivity contribution < 1.29 is 13.2 Å². The summed E-state index contributed by atoms with van der Waals surface area (Å²) in [6, 6.07) is 6.72. The lowest BCUT2D eigenvalue weighted by atomic mass is 9.82. The van der Waals surface area contributed by atoms with E-state index in [-0.39, 0.29) is 17.7 Å². The van der Waals surface area contributed by atoms with E-state index in [0.717, 1.165) is 37.9 Å². The topological polar surface area (TPSA) is 81.8 Å². The van der Waals surface area contributed by atoms with E-state index >= 15 is 0 Å². The van der Waals surface area contributed by atoms with Crippen molar-refractivity contribution in [3.05, 3.63) is 29.3 Å². The van der Waals surface area contributed by atoms with Gasteiger partial charge in [0.2, 0.25) is 15.9 Å². The molecule has 2 N–H and O–H groups in total. The standard InChI is InChI=1S/C21H32N4O3S/c1-3-29(27,28)25-10-8-15(9-11-25)12-18-14-22-23-21(18)17-4-6-19-16(13-17)5-7-20(26)24(19)2/h4,6,13,15,18,21-23H,3,5,7-12,14H2,1-2H3. The van der Waals surface area contributed by atoms with E-state index in [1.165, 1.54) is 11.1 Å². The van der Waals surface area contributed by atoms with Gasteiger partial charge in [-0.2, -0.15) is 0 Å². The average Bonchev–Trinajstić information content (AvgIpc) is 3.19. The molecular weight excluding hydrogens is 388 g/mol. The summed E-state index contributed by atoms with van der Waals surface area (Å²) >= 11 is 0. The Morgan fingerprint density at radius 2 is 1.93 bits per heavy atom. The maximum atomic E-state index is 12.1. The van der Waals surface area contributed by atoms with Crippen LogP contribution in [-0.4, -0.2) is 51.1 Å². The summed E-state index contributed by atoms with van der Waals surface area (Å²) < 4.78 is 25.8. The van der Waals surface area contributed by atoms with E-state index in [0.29, 0.717) is 31.3 Å². The molecule has 1 amide bonds. The maximum Gasteiger partial charge on any atom is 0.227 e. The molecule has 3 heterocycles. The summed E-state index contributed by atoms with van der Waals surface area (Å²) in [5, 5.41) is 0. The predicted molar refractivity (Wildman–Crippen MR) is 114 cm³/mol. The van der Waals surface area contributed by atoms with Crippen LogP contribution in [0.3, 0.4) is 0 Å². The molecule has 2 atom stereocenters. The molecule has 0 radical (unpaired) electrons. The van der Waals surface area contributed by atoms with Gasteiger partial charge in [-0.05, 0) is 61.6 Å². The molecule has 2 unspecified atom stereocenters. The molecule has 1 aromatic carbocycles. The summed E-state index contributed by atoms with van der Waals surface area (Å²) in [4.78, 5) is 13.7. The highest BCUT2D eigenvalue weighted by Crippen LogP contribution is 2.36. The second-order valence-corrected chi connectivity index (χ2v) is 10.8. The predicted octanol–water partition coefficient (Wildman–Crippen LogP) is 1.81. The molecule has 0 aromatic heterocycles. The number of carbonyl (C=O) groups excluding carboxylic acids is 1. The van der Waals surface area contributed by atoms with Crippen LogP contribution >= 0.6 is 0 Å². The first-order valence-electron chi connectivity index (χ1n) is 10.7. The van der Waals surface area contributed by atoms with Gasteiger partial charge in [0.1, 0.15) is 0 Å². The Kier molecular flexibility index (Phi) is 5.97. The zero-order valence-electron chi connectivity index (χ0n) is 17.4. The molecule has 1 aromatic rings. The van der Waals surface area contributed by atoms with E-state index in [9.17, 15) is 13.2 Å². The van der Waals surface area contributed by atoms with Crippen molar-refractivity contribution in [2.45, 2.75) is 45.1 Å². The minimum Gasteiger partial charge on any atom is -0.315 e. The first-order chi connectivity index (χ1) is 13.9. The fraction of sp³-hybridized carbons (Fsp3) is 0.667. The van der Waals surface area contributed by atoms with Gasteiger partial charge in [-0.1, -0.05) is 12.1 Å². The Hall–Kier alpha value is -1.48. The van der Waals surface area contributed by atoms with Crippen LogP contribution in [0.5, 0.6) is 0 Å². The van der Waals surface area contributed by atoms with Crippen molar-refractivity contribution in [2.24, 2.45) is 11.8 Å². The molecule has 3 aliphatic heterocycles. The third-order valence-electron chi connectivity index (χ3n) is 6.87. The van der Waals surface area contributed by atoms with E-state index in [1.807, 2.05) is 7.05 Å². The van der Waals surface area contributed by atoms with Gasteiger partial charge in [0, 0.05) is 38.8 Å². The van der Waals surface area contributed by atoms with Crippen molar-refractivity contribution in [3.63, 3.8) is 0 Å². The minimum atomic E-state index is -3.06. The fourth-order valence-corrected chi connectivity index (χ4v) is 6.15. The molecule has 0 aliphatic carbocycles. The molecule has 8 heteroatoms. The SMILES string of the molecule is CCS(=O)(=O)N1CCC(CC2CNNC2c2ccc3c(c2)CCC(=O)N3C)CC1. The summed E-state index contributed by atoms with van der Waals surface area (Å²) in [5.41, 5.74) is 10.3. The Labute approximate surface area is 173 Å². The van der Waals surface area contributed by atoms with Gasteiger partial charge >= 0.3 is 0 Å². The number of hydrogen-bond acceptors (Lipinski definition) is 5. The Morgan fingerprint density at radius 1 is 1.17 bits per heavy atom. The van der Waals surface area contributed by atoms with Crippen LogP contribution in [0.1, 0.15) is 49.8 Å². The number of aryl methyl sites for hydroxylation is 1. The molecule has 0 saturated carbocycles. The largest absolute Gasteiger partial charge is 0.315 e. The fourth-order valence-electron chi connectivity index (χ4n) is 5.01. The number of sulfonamides is 1. The van der Waals surface area contributed by atoms with Crippen LogP contribution in [0, 0.1) is 11.8 Å². The molecule has 0 bridgehead atoms. The Bertz CT molecular complexity index is 865. The lowest BCUT2D eigenvalue weighted by Gasteiger charge is -2.33. The third kappa shape index (κ3) is 4.21. The van der Waals surface area contributed by atoms with E-state index < -0.39 is 10.0 Å². The number of nitrogens with one attached hydrogen (secondary N) is 2. The summed E-state index contributed by atoms with van der Waals surface area (Å²) in [6.07, 6.45) is 4.37.